The van der Waals surface area contributed by atoms with Crippen LogP contribution in [0.4, 0.5) is 0 Å². The number of nitrogens with two attached hydrogens (primary N) is 1. The highest BCUT2D eigenvalue weighted by atomic mass is 79.9. The molecule has 0 atom stereocenters. The highest BCUT2D eigenvalue weighted by Gasteiger charge is 2.33. The van der Waals surface area contributed by atoms with E-state index in [4.69, 9.17) is 10.2 Å². The molecule has 3 N–H and O–H groups in total. The summed E-state index contributed by atoms with van der Waals surface area (Å²) in [7, 11) is 0. The predicted octanol–water partition coefficient (Wildman–Crippen LogP) is 3.42. The fourth-order valence-electron chi connectivity index (χ4n) is 3.22. The molecule has 0 spiro atoms. The first-order valence-electron chi connectivity index (χ1n) is 8.33. The Balaban J connectivity index is 1.58. The van der Waals surface area contributed by atoms with Crippen molar-refractivity contribution in [3.8, 4) is 11.3 Å². The zero-order valence-corrected chi connectivity index (χ0v) is 15.1. The van der Waals surface area contributed by atoms with Crippen molar-refractivity contribution < 1.29 is 9.21 Å². The molecule has 2 aromatic rings. The second-order valence-corrected chi connectivity index (χ2v) is 7.19. The van der Waals surface area contributed by atoms with Gasteiger partial charge in [-0.25, -0.2) is 4.98 Å². The smallest absolute Gasteiger partial charge is 0.220 e. The Bertz CT molecular complexity index is 708. The van der Waals surface area contributed by atoms with Crippen LogP contribution in [0.1, 0.15) is 38.0 Å². The molecule has 1 amide bonds. The van der Waals surface area contributed by atoms with Crippen molar-refractivity contribution in [2.75, 3.05) is 6.54 Å². The van der Waals surface area contributed by atoms with Gasteiger partial charge in [0, 0.05) is 29.4 Å². The second-order valence-electron chi connectivity index (χ2n) is 6.34. The molecule has 1 fully saturated rings. The lowest BCUT2D eigenvalue weighted by atomic mass is 9.97. The Kier molecular flexibility index (Phi) is 5.36. The molecule has 1 saturated carbocycles. The molecule has 0 aliphatic heterocycles. The number of carbonyl (C=O) groups is 1. The van der Waals surface area contributed by atoms with Gasteiger partial charge in [-0.2, -0.15) is 0 Å². The standard InChI is InChI=1S/C18H22BrN3O2/c19-14-6-2-1-5-13(14)15-11-21-17(24-15)8-7-16(23)22-18(12-20)9-3-4-10-18/h1-2,5-6,11H,3-4,7-10,12,20H2,(H,22,23). The molecule has 0 unspecified atom stereocenters. The van der Waals surface area contributed by atoms with E-state index < -0.39 is 0 Å². The van der Waals surface area contributed by atoms with Gasteiger partial charge in [0.1, 0.15) is 0 Å². The van der Waals surface area contributed by atoms with Gasteiger partial charge >= 0.3 is 0 Å². The molecular weight excluding hydrogens is 370 g/mol. The van der Waals surface area contributed by atoms with Crippen LogP contribution in [0.25, 0.3) is 11.3 Å². The van der Waals surface area contributed by atoms with Gasteiger partial charge in [0.2, 0.25) is 5.91 Å². The van der Waals surface area contributed by atoms with E-state index in [0.29, 0.717) is 31.0 Å². The van der Waals surface area contributed by atoms with Gasteiger partial charge < -0.3 is 15.5 Å². The first-order chi connectivity index (χ1) is 11.6. The lowest BCUT2D eigenvalue weighted by Gasteiger charge is -2.28. The largest absolute Gasteiger partial charge is 0.441 e. The maximum atomic E-state index is 12.2. The summed E-state index contributed by atoms with van der Waals surface area (Å²) in [6.07, 6.45) is 6.75. The molecule has 5 nitrogen and oxygen atoms in total. The maximum Gasteiger partial charge on any atom is 0.220 e. The van der Waals surface area contributed by atoms with Crippen LogP contribution < -0.4 is 11.1 Å². The maximum absolute atomic E-state index is 12.2. The van der Waals surface area contributed by atoms with Gasteiger partial charge in [0.25, 0.3) is 0 Å². The molecule has 0 bridgehead atoms. The average molecular weight is 392 g/mol. The highest BCUT2D eigenvalue weighted by Crippen LogP contribution is 2.30. The first-order valence-corrected chi connectivity index (χ1v) is 9.12. The minimum Gasteiger partial charge on any atom is -0.441 e. The zero-order valence-electron chi connectivity index (χ0n) is 13.6. The van der Waals surface area contributed by atoms with Crippen LogP contribution in [0.3, 0.4) is 0 Å². The number of carbonyl (C=O) groups excluding carboxylic acids is 1. The van der Waals surface area contributed by atoms with Crippen molar-refractivity contribution in [3.63, 3.8) is 0 Å². The van der Waals surface area contributed by atoms with Crippen LogP contribution in [0.15, 0.2) is 39.4 Å². The molecule has 128 valence electrons. The fourth-order valence-corrected chi connectivity index (χ4v) is 3.70. The number of halogens is 1. The summed E-state index contributed by atoms with van der Waals surface area (Å²) >= 11 is 3.50. The van der Waals surface area contributed by atoms with Crippen molar-refractivity contribution >= 4 is 21.8 Å². The topological polar surface area (TPSA) is 81.1 Å². The number of benzene rings is 1. The van der Waals surface area contributed by atoms with Crippen LogP contribution in [-0.4, -0.2) is 23.0 Å². The lowest BCUT2D eigenvalue weighted by molar-refractivity contribution is -0.122. The number of nitrogens with zero attached hydrogens (tertiary/aromatic N) is 1. The van der Waals surface area contributed by atoms with Crippen LogP contribution >= 0.6 is 15.9 Å². The lowest BCUT2D eigenvalue weighted by Crippen LogP contribution is -2.51. The number of hydrogen-bond donors (Lipinski definition) is 2. The number of rotatable bonds is 6. The van der Waals surface area contributed by atoms with E-state index in [9.17, 15) is 4.79 Å². The molecule has 0 saturated heterocycles. The third-order valence-corrected chi connectivity index (χ3v) is 5.31. The summed E-state index contributed by atoms with van der Waals surface area (Å²) < 4.78 is 6.73. The van der Waals surface area contributed by atoms with Gasteiger partial charge in [0.15, 0.2) is 11.7 Å². The minimum atomic E-state index is -0.201. The molecule has 3 rings (SSSR count). The molecule has 1 heterocycles. The quantitative estimate of drug-likeness (QED) is 0.789. The molecule has 1 aromatic carbocycles. The van der Waals surface area contributed by atoms with Crippen LogP contribution in [-0.2, 0) is 11.2 Å². The number of oxazole rings is 1. The molecule has 0 radical (unpaired) electrons. The van der Waals surface area contributed by atoms with Gasteiger partial charge in [-0.15, -0.1) is 0 Å². The number of amides is 1. The third kappa shape index (κ3) is 3.87. The summed E-state index contributed by atoms with van der Waals surface area (Å²) in [5, 5.41) is 3.12. The number of aryl methyl sites for hydroxylation is 1. The van der Waals surface area contributed by atoms with E-state index in [1.165, 1.54) is 0 Å². The summed E-state index contributed by atoms with van der Waals surface area (Å²) in [5.41, 5.74) is 6.61. The summed E-state index contributed by atoms with van der Waals surface area (Å²) in [6.45, 7) is 0.504. The van der Waals surface area contributed by atoms with Crippen molar-refractivity contribution in [2.24, 2.45) is 5.73 Å². The summed E-state index contributed by atoms with van der Waals surface area (Å²) in [4.78, 5) is 16.5. The molecule has 1 aliphatic carbocycles. The van der Waals surface area contributed by atoms with Crippen molar-refractivity contribution in [2.45, 2.75) is 44.1 Å². The number of aromatic nitrogens is 1. The van der Waals surface area contributed by atoms with Crippen molar-refractivity contribution in [3.05, 3.63) is 40.8 Å². The Morgan fingerprint density at radius 1 is 1.33 bits per heavy atom. The fraction of sp³-hybridized carbons (Fsp3) is 0.444. The Hall–Kier alpha value is -1.66. The van der Waals surface area contributed by atoms with E-state index in [-0.39, 0.29) is 11.4 Å². The van der Waals surface area contributed by atoms with E-state index in [0.717, 1.165) is 35.7 Å². The average Bonchev–Trinajstić information content (AvgIpc) is 3.23. The Labute approximate surface area is 150 Å². The molecule has 1 aliphatic rings. The van der Waals surface area contributed by atoms with Crippen LogP contribution in [0.5, 0.6) is 0 Å². The molecule has 24 heavy (non-hydrogen) atoms. The summed E-state index contributed by atoms with van der Waals surface area (Å²) in [5.74, 6) is 1.29. The monoisotopic (exact) mass is 391 g/mol. The predicted molar refractivity (Wildman–Crippen MR) is 96.4 cm³/mol. The van der Waals surface area contributed by atoms with Gasteiger partial charge in [0.05, 0.1) is 11.7 Å². The van der Waals surface area contributed by atoms with Crippen LogP contribution in [0.2, 0.25) is 0 Å². The van der Waals surface area contributed by atoms with Gasteiger partial charge in [-0.1, -0.05) is 47.0 Å². The number of nitrogens with one attached hydrogen (secondary N) is 1. The SMILES string of the molecule is NCC1(NC(=O)CCc2ncc(-c3ccccc3Br)o2)CCCC1. The first kappa shape index (κ1) is 17.2. The Morgan fingerprint density at radius 3 is 2.79 bits per heavy atom. The molecule has 6 heteroatoms. The molecular formula is C18H22BrN3O2. The van der Waals surface area contributed by atoms with E-state index in [2.05, 4.69) is 26.2 Å². The normalized spacial score (nSPS) is 16.2. The molecule has 1 aromatic heterocycles. The number of hydrogen-bond acceptors (Lipinski definition) is 4. The minimum absolute atomic E-state index is 0.0167. The van der Waals surface area contributed by atoms with Gasteiger partial charge in [-0.05, 0) is 18.9 Å². The van der Waals surface area contributed by atoms with Gasteiger partial charge in [-0.3, -0.25) is 4.79 Å². The van der Waals surface area contributed by atoms with Crippen molar-refractivity contribution in [1.29, 1.82) is 0 Å². The van der Waals surface area contributed by atoms with Crippen LogP contribution in [0, 0.1) is 0 Å². The third-order valence-electron chi connectivity index (χ3n) is 4.61. The zero-order chi connectivity index (χ0) is 17.0. The van der Waals surface area contributed by atoms with E-state index in [1.54, 1.807) is 6.20 Å². The van der Waals surface area contributed by atoms with E-state index >= 15 is 0 Å². The van der Waals surface area contributed by atoms with E-state index in [1.807, 2.05) is 24.3 Å². The summed E-state index contributed by atoms with van der Waals surface area (Å²) in [6, 6.07) is 7.82. The van der Waals surface area contributed by atoms with Crippen molar-refractivity contribution in [1.82, 2.24) is 10.3 Å². The highest BCUT2D eigenvalue weighted by molar-refractivity contribution is 9.10. The Morgan fingerprint density at radius 2 is 2.08 bits per heavy atom. The second kappa shape index (κ2) is 7.49.